The van der Waals surface area contributed by atoms with Gasteiger partial charge in [0.05, 0.1) is 104 Å². The van der Waals surface area contributed by atoms with Gasteiger partial charge in [-0.25, -0.2) is 0 Å². The first-order valence-electron chi connectivity index (χ1n) is 18.2. The van der Waals surface area contributed by atoms with Gasteiger partial charge in [0.2, 0.25) is 0 Å². The van der Waals surface area contributed by atoms with E-state index in [-0.39, 0.29) is 18.1 Å². The zero-order chi connectivity index (χ0) is 35.8. The van der Waals surface area contributed by atoms with Gasteiger partial charge in [0.1, 0.15) is 12.4 Å². The minimum Gasteiger partial charge on any atom is -0.491 e. The Morgan fingerprint density at radius 3 is 1.32 bits per heavy atom. The highest BCUT2D eigenvalue weighted by Crippen LogP contribution is 2.16. The maximum atomic E-state index is 12.1. The SMILES string of the molecule is CCCCCCCCCc1ccc(OCCOCCOCCOCCOCCOCCOCCOCCOS(=O)(=O)c2ccc(C)cc2)cc1. The smallest absolute Gasteiger partial charge is 0.297 e. The van der Waals surface area contributed by atoms with E-state index in [2.05, 4.69) is 19.1 Å². The van der Waals surface area contributed by atoms with Crippen molar-refractivity contribution in [1.29, 1.82) is 0 Å². The predicted molar refractivity (Wildman–Crippen MR) is 194 cm³/mol. The molecule has 2 rings (SSSR count). The highest BCUT2D eigenvalue weighted by atomic mass is 32.2. The van der Waals surface area contributed by atoms with Gasteiger partial charge in [-0.15, -0.1) is 0 Å². The van der Waals surface area contributed by atoms with E-state index in [0.29, 0.717) is 92.5 Å². The van der Waals surface area contributed by atoms with Crippen LogP contribution >= 0.6 is 0 Å². The summed E-state index contributed by atoms with van der Waals surface area (Å²) in [6.45, 7) is 10.8. The molecule has 0 spiro atoms. The minimum atomic E-state index is -3.77. The highest BCUT2D eigenvalue weighted by molar-refractivity contribution is 7.86. The molecule has 0 saturated heterocycles. The zero-order valence-electron chi connectivity index (χ0n) is 30.5. The van der Waals surface area contributed by atoms with Crippen LogP contribution in [0.25, 0.3) is 0 Å². The molecule has 0 aliphatic carbocycles. The van der Waals surface area contributed by atoms with Crippen LogP contribution in [0.3, 0.4) is 0 Å². The summed E-state index contributed by atoms with van der Waals surface area (Å²) in [5.41, 5.74) is 2.35. The second-order valence-electron chi connectivity index (χ2n) is 11.7. The first-order chi connectivity index (χ1) is 24.5. The maximum absolute atomic E-state index is 12.1. The number of benzene rings is 2. The maximum Gasteiger partial charge on any atom is 0.297 e. The molecule has 0 N–H and O–H groups in total. The third-order valence-corrected chi connectivity index (χ3v) is 8.82. The molecule has 0 aromatic heterocycles. The topological polar surface area (TPSA) is 117 Å². The van der Waals surface area contributed by atoms with E-state index in [4.69, 9.17) is 42.1 Å². The van der Waals surface area contributed by atoms with E-state index in [1.54, 1.807) is 12.1 Å². The molecule has 11 nitrogen and oxygen atoms in total. The van der Waals surface area contributed by atoms with Crippen molar-refractivity contribution in [2.45, 2.75) is 70.1 Å². The first-order valence-corrected chi connectivity index (χ1v) is 19.6. The van der Waals surface area contributed by atoms with Gasteiger partial charge < -0.3 is 37.9 Å². The molecular weight excluding hydrogens is 664 g/mol. The van der Waals surface area contributed by atoms with Crippen molar-refractivity contribution in [2.75, 3.05) is 106 Å². The first kappa shape index (κ1) is 44.0. The number of hydrogen-bond acceptors (Lipinski definition) is 11. The molecule has 2 aromatic carbocycles. The summed E-state index contributed by atoms with van der Waals surface area (Å²) in [6, 6.07) is 14.9. The van der Waals surface area contributed by atoms with Gasteiger partial charge >= 0.3 is 0 Å². The van der Waals surface area contributed by atoms with Crippen LogP contribution in [0, 0.1) is 6.92 Å². The molecule has 0 fully saturated rings. The minimum absolute atomic E-state index is 0.0552. The predicted octanol–water partition coefficient (Wildman–Crippen LogP) is 6.19. The lowest BCUT2D eigenvalue weighted by molar-refractivity contribution is -0.0218. The third-order valence-electron chi connectivity index (χ3n) is 7.50. The molecule has 0 saturated carbocycles. The van der Waals surface area contributed by atoms with Crippen LogP contribution in [0.15, 0.2) is 53.4 Å². The highest BCUT2D eigenvalue weighted by Gasteiger charge is 2.14. The molecule has 286 valence electrons. The van der Waals surface area contributed by atoms with E-state index in [0.717, 1.165) is 17.7 Å². The average molecular weight is 727 g/mol. The Bertz CT molecular complexity index is 1140. The largest absolute Gasteiger partial charge is 0.491 e. The molecule has 12 heteroatoms. The Morgan fingerprint density at radius 2 is 0.860 bits per heavy atom. The number of aryl methyl sites for hydroxylation is 2. The lowest BCUT2D eigenvalue weighted by atomic mass is 10.0. The van der Waals surface area contributed by atoms with Gasteiger partial charge in [0.15, 0.2) is 0 Å². The zero-order valence-corrected chi connectivity index (χ0v) is 31.3. The van der Waals surface area contributed by atoms with Crippen molar-refractivity contribution < 1.29 is 50.5 Å². The van der Waals surface area contributed by atoms with E-state index in [9.17, 15) is 8.42 Å². The van der Waals surface area contributed by atoms with Crippen molar-refractivity contribution in [3.8, 4) is 5.75 Å². The van der Waals surface area contributed by atoms with Crippen LogP contribution in [0.2, 0.25) is 0 Å². The van der Waals surface area contributed by atoms with Gasteiger partial charge in [-0.1, -0.05) is 75.3 Å². The molecule has 0 unspecified atom stereocenters. The van der Waals surface area contributed by atoms with Crippen molar-refractivity contribution in [1.82, 2.24) is 0 Å². The van der Waals surface area contributed by atoms with Gasteiger partial charge in [0.25, 0.3) is 10.1 Å². The standard InChI is InChI=1S/C38H62O11S/c1-3-4-5-6-7-8-9-10-36-13-15-37(16-14-36)48-33-31-46-29-27-44-25-23-42-21-19-41-20-22-43-24-26-45-28-30-47-32-34-49-50(39,40)38-17-11-35(2)12-18-38/h11-18H,3-10,19-34H2,1-2H3. The molecule has 0 atom stereocenters. The van der Waals surface area contributed by atoms with E-state index in [1.807, 2.05) is 19.1 Å². The van der Waals surface area contributed by atoms with Crippen molar-refractivity contribution in [3.05, 3.63) is 59.7 Å². The molecule has 0 aliphatic heterocycles. The normalized spacial score (nSPS) is 11.7. The van der Waals surface area contributed by atoms with E-state index < -0.39 is 10.1 Å². The Balaban J connectivity index is 1.23. The van der Waals surface area contributed by atoms with Crippen molar-refractivity contribution >= 4 is 10.1 Å². The number of hydrogen-bond donors (Lipinski definition) is 0. The molecule has 0 heterocycles. The van der Waals surface area contributed by atoms with Crippen LogP contribution in [-0.4, -0.2) is 114 Å². The van der Waals surface area contributed by atoms with Crippen molar-refractivity contribution in [3.63, 3.8) is 0 Å². The van der Waals surface area contributed by atoms with Gasteiger partial charge in [-0.05, 0) is 49.6 Å². The van der Waals surface area contributed by atoms with Gasteiger partial charge in [-0.3, -0.25) is 4.18 Å². The molecule has 0 bridgehead atoms. The quantitative estimate of drug-likeness (QED) is 0.0598. The molecule has 50 heavy (non-hydrogen) atoms. The van der Waals surface area contributed by atoms with Gasteiger partial charge in [-0.2, -0.15) is 8.42 Å². The van der Waals surface area contributed by atoms with E-state index >= 15 is 0 Å². The van der Waals surface area contributed by atoms with Crippen LogP contribution in [0.4, 0.5) is 0 Å². The van der Waals surface area contributed by atoms with Gasteiger partial charge in [0, 0.05) is 0 Å². The number of unbranched alkanes of at least 4 members (excludes halogenated alkanes) is 6. The van der Waals surface area contributed by atoms with E-state index in [1.165, 1.54) is 62.6 Å². The van der Waals surface area contributed by atoms with Crippen LogP contribution in [-0.2, 0) is 53.9 Å². The lowest BCUT2D eigenvalue weighted by Gasteiger charge is -2.09. The number of rotatable bonds is 35. The number of ether oxygens (including phenoxy) is 8. The fourth-order valence-electron chi connectivity index (χ4n) is 4.65. The summed E-state index contributed by atoms with van der Waals surface area (Å²) >= 11 is 0. The Morgan fingerprint density at radius 1 is 0.460 bits per heavy atom. The summed E-state index contributed by atoms with van der Waals surface area (Å²) < 4.78 is 73.3. The fourth-order valence-corrected chi connectivity index (χ4v) is 5.55. The summed E-state index contributed by atoms with van der Waals surface area (Å²) in [6.07, 6.45) is 10.5. The van der Waals surface area contributed by atoms with Crippen LogP contribution < -0.4 is 4.74 Å². The van der Waals surface area contributed by atoms with Crippen LogP contribution in [0.1, 0.15) is 63.0 Å². The Hall–Kier alpha value is -2.13. The average Bonchev–Trinajstić information content (AvgIpc) is 3.12. The molecule has 0 radical (unpaired) electrons. The summed E-state index contributed by atoms with van der Waals surface area (Å²) in [5, 5.41) is 0. The van der Waals surface area contributed by atoms with Crippen LogP contribution in [0.5, 0.6) is 5.75 Å². The second-order valence-corrected chi connectivity index (χ2v) is 13.4. The monoisotopic (exact) mass is 726 g/mol. The summed E-state index contributed by atoms with van der Waals surface area (Å²) in [5.74, 6) is 0.878. The fraction of sp³-hybridized carbons (Fsp3) is 0.684. The molecule has 0 aliphatic rings. The van der Waals surface area contributed by atoms with Crippen molar-refractivity contribution in [2.24, 2.45) is 0 Å². The third kappa shape index (κ3) is 24.1. The Kier molecular flexibility index (Phi) is 26.9. The summed E-state index contributed by atoms with van der Waals surface area (Å²) in [4.78, 5) is 0.132. The Labute approximate surface area is 301 Å². The molecule has 0 amide bonds. The second kappa shape index (κ2) is 30.5. The summed E-state index contributed by atoms with van der Waals surface area (Å²) in [7, 11) is -3.77. The lowest BCUT2D eigenvalue weighted by Crippen LogP contribution is -2.15. The molecule has 2 aromatic rings. The molecular formula is C38H62O11S.